The number of rotatable bonds is 12. The van der Waals surface area contributed by atoms with Crippen molar-refractivity contribution in [1.29, 1.82) is 0 Å². The van der Waals surface area contributed by atoms with E-state index in [0.29, 0.717) is 6.61 Å². The Kier molecular flexibility index (Phi) is 11.7. The van der Waals surface area contributed by atoms with Crippen LogP contribution in [0.15, 0.2) is 72.8 Å². The molecule has 0 radical (unpaired) electrons. The van der Waals surface area contributed by atoms with Gasteiger partial charge in [-0.05, 0) is 83.7 Å². The fourth-order valence-corrected chi connectivity index (χ4v) is 4.14. The summed E-state index contributed by atoms with van der Waals surface area (Å²) in [6, 6.07) is 25.0. The lowest BCUT2D eigenvalue weighted by atomic mass is 9.88. The van der Waals surface area contributed by atoms with Gasteiger partial charge in [0, 0.05) is 6.54 Å². The minimum atomic E-state index is 0. The minimum Gasteiger partial charge on any atom is -0.497 e. The Labute approximate surface area is 216 Å². The molecule has 0 unspecified atom stereocenters. The van der Waals surface area contributed by atoms with E-state index in [4.69, 9.17) is 14.2 Å². The third kappa shape index (κ3) is 7.51. The Balaban J connectivity index is 0.00000432. The highest BCUT2D eigenvalue weighted by Gasteiger charge is 2.14. The number of likely N-dealkylation sites (N-methyl/N-ethyl adjacent to an activating group) is 1. The predicted molar refractivity (Wildman–Crippen MR) is 149 cm³/mol. The molecule has 0 aliphatic rings. The monoisotopic (exact) mass is 495 g/mol. The van der Waals surface area contributed by atoms with Crippen molar-refractivity contribution in [1.82, 2.24) is 4.90 Å². The van der Waals surface area contributed by atoms with E-state index in [1.54, 1.807) is 14.2 Å². The van der Waals surface area contributed by atoms with Crippen molar-refractivity contribution < 1.29 is 14.2 Å². The van der Waals surface area contributed by atoms with Crippen molar-refractivity contribution >= 4 is 23.6 Å². The molecule has 35 heavy (non-hydrogen) atoms. The molecule has 5 heteroatoms. The molecule has 3 rings (SSSR count). The summed E-state index contributed by atoms with van der Waals surface area (Å²) < 4.78 is 16.8. The van der Waals surface area contributed by atoms with Crippen LogP contribution in [0.5, 0.6) is 17.2 Å². The number of methoxy groups -OCH3 is 2. The van der Waals surface area contributed by atoms with Crippen molar-refractivity contribution in [3.8, 4) is 17.2 Å². The van der Waals surface area contributed by atoms with Gasteiger partial charge in [-0.3, -0.25) is 0 Å². The van der Waals surface area contributed by atoms with Gasteiger partial charge in [0.05, 0.1) is 14.2 Å². The summed E-state index contributed by atoms with van der Waals surface area (Å²) in [6.07, 6.45) is 0.898. The zero-order valence-corrected chi connectivity index (χ0v) is 22.4. The second kappa shape index (κ2) is 14.4. The molecule has 0 fully saturated rings. The number of allylic oxidation sites excluding steroid dienone is 1. The molecule has 0 saturated heterocycles. The highest BCUT2D eigenvalue weighted by Crippen LogP contribution is 2.36. The fourth-order valence-electron chi connectivity index (χ4n) is 4.14. The Morgan fingerprint density at radius 2 is 1.06 bits per heavy atom. The van der Waals surface area contributed by atoms with E-state index in [9.17, 15) is 0 Å². The summed E-state index contributed by atoms with van der Waals surface area (Å²) in [7, 11) is 3.39. The molecule has 0 saturated carbocycles. The largest absolute Gasteiger partial charge is 0.497 e. The van der Waals surface area contributed by atoms with Gasteiger partial charge < -0.3 is 19.1 Å². The van der Waals surface area contributed by atoms with Crippen LogP contribution in [0, 0.1) is 0 Å². The average molecular weight is 496 g/mol. The average Bonchev–Trinajstić information content (AvgIpc) is 2.90. The van der Waals surface area contributed by atoms with Crippen molar-refractivity contribution in [3.05, 3.63) is 89.5 Å². The Bertz CT molecular complexity index is 991. The molecule has 0 N–H and O–H groups in total. The first kappa shape index (κ1) is 28.3. The van der Waals surface area contributed by atoms with Gasteiger partial charge >= 0.3 is 0 Å². The Morgan fingerprint density at radius 3 is 1.46 bits per heavy atom. The SMILES string of the molecule is CCC(=C(c1ccc(OC)cc1)c1ccc(OC)cc1)c1ccc(OCCN(CC)CC)cc1.Cl. The van der Waals surface area contributed by atoms with Crippen molar-refractivity contribution in [3.63, 3.8) is 0 Å². The van der Waals surface area contributed by atoms with Crippen LogP contribution in [-0.4, -0.2) is 45.4 Å². The second-order valence-electron chi connectivity index (χ2n) is 8.06. The quantitative estimate of drug-likeness (QED) is 0.248. The van der Waals surface area contributed by atoms with E-state index in [1.807, 2.05) is 24.3 Å². The molecule has 0 amide bonds. The van der Waals surface area contributed by atoms with Gasteiger partial charge in [0.2, 0.25) is 0 Å². The zero-order valence-electron chi connectivity index (χ0n) is 21.5. The van der Waals surface area contributed by atoms with Crippen LogP contribution in [0.4, 0.5) is 0 Å². The molecule has 0 aliphatic heterocycles. The lowest BCUT2D eigenvalue weighted by Crippen LogP contribution is -2.27. The number of halogens is 1. The normalized spacial score (nSPS) is 10.5. The first-order valence-electron chi connectivity index (χ1n) is 12.1. The molecule has 0 heterocycles. The summed E-state index contributed by atoms with van der Waals surface area (Å²) in [5.74, 6) is 2.60. The van der Waals surface area contributed by atoms with E-state index < -0.39 is 0 Å². The van der Waals surface area contributed by atoms with Crippen LogP contribution < -0.4 is 14.2 Å². The third-order valence-electron chi connectivity index (χ3n) is 6.19. The Hall–Kier alpha value is -2.95. The maximum Gasteiger partial charge on any atom is 0.119 e. The maximum atomic E-state index is 6.00. The molecule has 0 aromatic heterocycles. The maximum absolute atomic E-state index is 6.00. The van der Waals surface area contributed by atoms with Crippen LogP contribution in [0.25, 0.3) is 11.1 Å². The summed E-state index contributed by atoms with van der Waals surface area (Å²) in [5, 5.41) is 0. The minimum absolute atomic E-state index is 0. The molecular formula is C30H38ClNO3. The molecule has 0 aliphatic carbocycles. The van der Waals surface area contributed by atoms with E-state index in [0.717, 1.165) is 54.4 Å². The molecule has 4 nitrogen and oxygen atoms in total. The van der Waals surface area contributed by atoms with Crippen LogP contribution in [0.2, 0.25) is 0 Å². The van der Waals surface area contributed by atoms with Gasteiger partial charge in [0.25, 0.3) is 0 Å². The molecule has 0 atom stereocenters. The van der Waals surface area contributed by atoms with Crippen LogP contribution in [0.1, 0.15) is 43.9 Å². The predicted octanol–water partition coefficient (Wildman–Crippen LogP) is 7.22. The smallest absolute Gasteiger partial charge is 0.119 e. The van der Waals surface area contributed by atoms with E-state index in [2.05, 4.69) is 74.2 Å². The number of hydrogen-bond donors (Lipinski definition) is 0. The number of nitrogens with zero attached hydrogens (tertiary/aromatic N) is 1. The van der Waals surface area contributed by atoms with Gasteiger partial charge in [0.15, 0.2) is 0 Å². The van der Waals surface area contributed by atoms with Crippen molar-refractivity contribution in [2.24, 2.45) is 0 Å². The molecule has 0 bridgehead atoms. The third-order valence-corrected chi connectivity index (χ3v) is 6.19. The standard InChI is InChI=1S/C30H37NO3.ClH/c1-6-29(23-9-19-28(20-10-23)34-22-21-31(7-2)8-3)30(24-11-15-26(32-4)16-12-24)25-13-17-27(33-5)18-14-25;/h9-20H,6-8,21-22H2,1-5H3;1H. The van der Waals surface area contributed by atoms with Gasteiger partial charge in [-0.15, -0.1) is 12.4 Å². The number of ether oxygens (including phenoxy) is 3. The van der Waals surface area contributed by atoms with Crippen LogP contribution in [-0.2, 0) is 0 Å². The highest BCUT2D eigenvalue weighted by molar-refractivity contribution is 5.98. The van der Waals surface area contributed by atoms with Crippen molar-refractivity contribution in [2.45, 2.75) is 27.2 Å². The number of hydrogen-bond acceptors (Lipinski definition) is 4. The van der Waals surface area contributed by atoms with E-state index >= 15 is 0 Å². The van der Waals surface area contributed by atoms with Gasteiger partial charge in [-0.25, -0.2) is 0 Å². The summed E-state index contributed by atoms with van der Waals surface area (Å²) in [6.45, 7) is 10.3. The first-order valence-corrected chi connectivity index (χ1v) is 12.1. The lowest BCUT2D eigenvalue weighted by Gasteiger charge is -2.19. The van der Waals surface area contributed by atoms with Crippen LogP contribution >= 0.6 is 12.4 Å². The molecular weight excluding hydrogens is 458 g/mol. The zero-order chi connectivity index (χ0) is 24.3. The summed E-state index contributed by atoms with van der Waals surface area (Å²) in [4.78, 5) is 2.36. The van der Waals surface area contributed by atoms with Crippen molar-refractivity contribution in [2.75, 3.05) is 40.5 Å². The topological polar surface area (TPSA) is 30.9 Å². The van der Waals surface area contributed by atoms with Gasteiger partial charge in [0.1, 0.15) is 23.9 Å². The van der Waals surface area contributed by atoms with Gasteiger partial charge in [-0.2, -0.15) is 0 Å². The fraction of sp³-hybridized carbons (Fsp3) is 0.333. The van der Waals surface area contributed by atoms with Gasteiger partial charge in [-0.1, -0.05) is 57.2 Å². The summed E-state index contributed by atoms with van der Waals surface area (Å²) >= 11 is 0. The summed E-state index contributed by atoms with van der Waals surface area (Å²) in [5.41, 5.74) is 6.00. The Morgan fingerprint density at radius 1 is 0.629 bits per heavy atom. The lowest BCUT2D eigenvalue weighted by molar-refractivity contribution is 0.223. The second-order valence-corrected chi connectivity index (χ2v) is 8.06. The molecule has 3 aromatic rings. The highest BCUT2D eigenvalue weighted by atomic mass is 35.5. The van der Waals surface area contributed by atoms with Crippen LogP contribution in [0.3, 0.4) is 0 Å². The van der Waals surface area contributed by atoms with E-state index in [1.165, 1.54) is 16.7 Å². The molecule has 3 aromatic carbocycles. The molecule has 188 valence electrons. The van der Waals surface area contributed by atoms with E-state index in [-0.39, 0.29) is 12.4 Å². The first-order chi connectivity index (χ1) is 16.6. The molecule has 0 spiro atoms. The number of benzene rings is 3.